The molecule has 9 nitrogen and oxygen atoms in total. The molecule has 2 spiro atoms. The molecule has 2 fully saturated rings. The number of fused-ring (bicyclic) bond motifs is 4. The molecule has 172 valence electrons. The lowest BCUT2D eigenvalue weighted by Crippen LogP contribution is -2.48. The Balaban J connectivity index is 1.20. The second-order valence-corrected chi connectivity index (χ2v) is 9.36. The smallest absolute Gasteiger partial charge is 0.228 e. The van der Waals surface area contributed by atoms with Crippen molar-refractivity contribution in [1.29, 1.82) is 0 Å². The number of rotatable bonds is 3. The molecular weight excluding hydrogens is 422 g/mol. The number of nitrogens with one attached hydrogen (secondary N) is 1. The van der Waals surface area contributed by atoms with Crippen molar-refractivity contribution in [2.24, 2.45) is 0 Å². The number of aryl methyl sites for hydroxylation is 1. The van der Waals surface area contributed by atoms with Gasteiger partial charge in [-0.25, -0.2) is 4.63 Å². The standard InChI is InChI=1S/C24H27N5O4/c1-16-18(27-33-26-16)13-22(30)28-10-7-23(8-11-28)14-24(15-32-23)21-4-3-9-29(21)20-6-5-17(31-2)12-19(20)25-24/h3-6,9,12,25H,7-8,10-11,13-15H2,1-2H3/t24-/m0/s1. The number of piperidine rings is 1. The van der Waals surface area contributed by atoms with Crippen molar-refractivity contribution in [1.82, 2.24) is 19.8 Å². The Kier molecular flexibility index (Phi) is 4.52. The fourth-order valence-corrected chi connectivity index (χ4v) is 5.58. The van der Waals surface area contributed by atoms with Gasteiger partial charge in [0.15, 0.2) is 0 Å². The second-order valence-electron chi connectivity index (χ2n) is 9.36. The van der Waals surface area contributed by atoms with E-state index in [9.17, 15) is 4.79 Å². The van der Waals surface area contributed by atoms with Crippen molar-refractivity contribution >= 4 is 11.6 Å². The van der Waals surface area contributed by atoms with Crippen LogP contribution in [0, 0.1) is 6.92 Å². The SMILES string of the molecule is COc1ccc2c(c1)N[C@@]1(COC3(CCN(C(=O)Cc4nonc4C)CC3)C1)c1cccn1-2. The molecule has 2 saturated heterocycles. The van der Waals surface area contributed by atoms with Crippen LogP contribution >= 0.6 is 0 Å². The summed E-state index contributed by atoms with van der Waals surface area (Å²) in [5, 5.41) is 11.4. The molecule has 33 heavy (non-hydrogen) atoms. The van der Waals surface area contributed by atoms with Crippen LogP contribution in [0.4, 0.5) is 5.69 Å². The van der Waals surface area contributed by atoms with Crippen molar-refractivity contribution in [2.45, 2.75) is 43.7 Å². The van der Waals surface area contributed by atoms with Gasteiger partial charge in [0, 0.05) is 31.8 Å². The van der Waals surface area contributed by atoms with Gasteiger partial charge in [-0.1, -0.05) is 10.3 Å². The summed E-state index contributed by atoms with van der Waals surface area (Å²) in [7, 11) is 1.69. The minimum atomic E-state index is -0.307. The first-order chi connectivity index (χ1) is 16.0. The number of aromatic nitrogens is 3. The van der Waals surface area contributed by atoms with E-state index >= 15 is 0 Å². The molecule has 6 rings (SSSR count). The van der Waals surface area contributed by atoms with Crippen LogP contribution in [0.3, 0.4) is 0 Å². The van der Waals surface area contributed by atoms with Gasteiger partial charge < -0.3 is 24.3 Å². The Bertz CT molecular complexity index is 1210. The number of methoxy groups -OCH3 is 1. The molecule has 0 aliphatic carbocycles. The lowest BCUT2D eigenvalue weighted by Gasteiger charge is -2.41. The molecule has 2 aromatic heterocycles. The molecule has 3 aromatic rings. The summed E-state index contributed by atoms with van der Waals surface area (Å²) in [5.74, 6) is 0.882. The summed E-state index contributed by atoms with van der Waals surface area (Å²) < 4.78 is 19.0. The molecule has 0 saturated carbocycles. The fraction of sp³-hybridized carbons (Fsp3) is 0.458. The summed E-state index contributed by atoms with van der Waals surface area (Å²) in [6.45, 7) is 3.73. The summed E-state index contributed by atoms with van der Waals surface area (Å²) in [4.78, 5) is 14.7. The maximum atomic E-state index is 12.8. The number of carbonyl (C=O) groups is 1. The highest BCUT2D eigenvalue weighted by molar-refractivity contribution is 5.78. The molecule has 1 aromatic carbocycles. The summed E-state index contributed by atoms with van der Waals surface area (Å²) in [6, 6.07) is 10.4. The number of hydrogen-bond donors (Lipinski definition) is 1. The van der Waals surface area contributed by atoms with Gasteiger partial charge in [0.05, 0.1) is 42.8 Å². The van der Waals surface area contributed by atoms with E-state index in [1.54, 1.807) is 14.0 Å². The Morgan fingerprint density at radius 1 is 1.24 bits per heavy atom. The van der Waals surface area contributed by atoms with E-state index in [0.29, 0.717) is 31.1 Å². The van der Waals surface area contributed by atoms with Crippen LogP contribution in [0.5, 0.6) is 5.75 Å². The number of nitrogens with zero attached hydrogens (tertiary/aromatic N) is 4. The maximum absolute atomic E-state index is 12.8. The quantitative estimate of drug-likeness (QED) is 0.657. The van der Waals surface area contributed by atoms with Crippen molar-refractivity contribution in [3.8, 4) is 11.4 Å². The number of amides is 1. The van der Waals surface area contributed by atoms with Gasteiger partial charge in [0.25, 0.3) is 0 Å². The minimum Gasteiger partial charge on any atom is -0.497 e. The molecule has 0 radical (unpaired) electrons. The molecular formula is C24H27N5O4. The fourth-order valence-electron chi connectivity index (χ4n) is 5.58. The average molecular weight is 450 g/mol. The topological polar surface area (TPSA) is 94.7 Å². The highest BCUT2D eigenvalue weighted by atomic mass is 16.6. The van der Waals surface area contributed by atoms with Crippen LogP contribution in [-0.4, -0.2) is 58.1 Å². The summed E-state index contributed by atoms with van der Waals surface area (Å²) in [5.41, 5.74) is 4.09. The van der Waals surface area contributed by atoms with Crippen LogP contribution in [0.15, 0.2) is 41.2 Å². The Morgan fingerprint density at radius 2 is 2.09 bits per heavy atom. The summed E-state index contributed by atoms with van der Waals surface area (Å²) in [6.07, 6.45) is 4.81. The number of hydrogen-bond acceptors (Lipinski definition) is 7. The third-order valence-corrected chi connectivity index (χ3v) is 7.42. The average Bonchev–Trinajstić information content (AvgIpc) is 3.55. The van der Waals surface area contributed by atoms with Crippen LogP contribution in [0.2, 0.25) is 0 Å². The molecule has 5 heterocycles. The highest BCUT2D eigenvalue weighted by Crippen LogP contribution is 2.50. The second kappa shape index (κ2) is 7.34. The largest absolute Gasteiger partial charge is 0.497 e. The van der Waals surface area contributed by atoms with Gasteiger partial charge >= 0.3 is 0 Å². The molecule has 0 unspecified atom stereocenters. The number of anilines is 1. The van der Waals surface area contributed by atoms with Gasteiger partial charge in [-0.15, -0.1) is 0 Å². The van der Waals surface area contributed by atoms with Gasteiger partial charge in [-0.2, -0.15) is 0 Å². The zero-order valence-corrected chi connectivity index (χ0v) is 18.8. The number of likely N-dealkylation sites (tertiary alicyclic amines) is 1. The van der Waals surface area contributed by atoms with E-state index in [2.05, 4.69) is 44.6 Å². The van der Waals surface area contributed by atoms with Gasteiger partial charge in [0.1, 0.15) is 22.7 Å². The molecule has 3 aliphatic rings. The van der Waals surface area contributed by atoms with Crippen LogP contribution in [-0.2, 0) is 21.5 Å². The molecule has 9 heteroatoms. The first kappa shape index (κ1) is 20.3. The van der Waals surface area contributed by atoms with Crippen molar-refractivity contribution < 1.29 is 18.9 Å². The van der Waals surface area contributed by atoms with Gasteiger partial charge in [0.2, 0.25) is 5.91 Å². The van der Waals surface area contributed by atoms with Crippen LogP contribution < -0.4 is 10.1 Å². The lowest BCUT2D eigenvalue weighted by molar-refractivity contribution is -0.135. The molecule has 1 atom stereocenters. The monoisotopic (exact) mass is 449 g/mol. The first-order valence-electron chi connectivity index (χ1n) is 11.4. The van der Waals surface area contributed by atoms with E-state index in [1.165, 1.54) is 5.69 Å². The van der Waals surface area contributed by atoms with Crippen molar-refractivity contribution in [2.75, 3.05) is 32.1 Å². The molecule has 0 bridgehead atoms. The number of carbonyl (C=O) groups excluding carboxylic acids is 1. The maximum Gasteiger partial charge on any atom is 0.228 e. The van der Waals surface area contributed by atoms with E-state index in [0.717, 1.165) is 36.4 Å². The van der Waals surface area contributed by atoms with E-state index in [1.807, 2.05) is 17.0 Å². The number of ether oxygens (including phenoxy) is 2. The molecule has 1 amide bonds. The lowest BCUT2D eigenvalue weighted by atomic mass is 9.79. The van der Waals surface area contributed by atoms with Gasteiger partial charge in [-0.3, -0.25) is 4.79 Å². The van der Waals surface area contributed by atoms with Gasteiger partial charge in [-0.05, 0) is 44.0 Å². The third kappa shape index (κ3) is 3.21. The van der Waals surface area contributed by atoms with Crippen molar-refractivity contribution in [3.63, 3.8) is 0 Å². The van der Waals surface area contributed by atoms with E-state index < -0.39 is 0 Å². The zero-order valence-electron chi connectivity index (χ0n) is 18.8. The van der Waals surface area contributed by atoms with Crippen molar-refractivity contribution in [3.05, 3.63) is 53.6 Å². The molecule has 1 N–H and O–H groups in total. The Labute approximate surface area is 191 Å². The first-order valence-corrected chi connectivity index (χ1v) is 11.4. The predicted molar refractivity (Wildman–Crippen MR) is 119 cm³/mol. The Morgan fingerprint density at radius 3 is 2.85 bits per heavy atom. The zero-order chi connectivity index (χ0) is 22.6. The van der Waals surface area contributed by atoms with Crippen LogP contribution in [0.25, 0.3) is 5.69 Å². The minimum absolute atomic E-state index is 0.0575. The Hall–Kier alpha value is -3.33. The summed E-state index contributed by atoms with van der Waals surface area (Å²) >= 11 is 0. The normalized spacial score (nSPS) is 22.8. The predicted octanol–water partition coefficient (Wildman–Crippen LogP) is 2.82. The van der Waals surface area contributed by atoms with E-state index in [-0.39, 0.29) is 23.5 Å². The van der Waals surface area contributed by atoms with E-state index in [4.69, 9.17) is 14.1 Å². The van der Waals surface area contributed by atoms with Crippen LogP contribution in [0.1, 0.15) is 36.3 Å². The number of benzene rings is 1. The third-order valence-electron chi connectivity index (χ3n) is 7.42. The molecule has 3 aliphatic heterocycles. The highest BCUT2D eigenvalue weighted by Gasteiger charge is 2.54.